The summed E-state index contributed by atoms with van der Waals surface area (Å²) in [5.41, 5.74) is 0. The molecule has 0 radical (unpaired) electrons. The number of aliphatic hydroxyl groups excluding tert-OH is 1. The van der Waals surface area contributed by atoms with Crippen LogP contribution in [0, 0.1) is 11.8 Å². The van der Waals surface area contributed by atoms with Gasteiger partial charge in [-0.1, -0.05) is 26.0 Å². The molecule has 1 N–H and O–H groups in total. The Balaban J connectivity index is 3.89. The summed E-state index contributed by atoms with van der Waals surface area (Å²) < 4.78 is 0. The molecule has 2 unspecified atom stereocenters. The van der Waals surface area contributed by atoms with Gasteiger partial charge in [0.2, 0.25) is 0 Å². The molecule has 0 fully saturated rings. The highest BCUT2D eigenvalue weighted by atomic mass is 16.3. The lowest BCUT2D eigenvalue weighted by Crippen LogP contribution is -2.21. The summed E-state index contributed by atoms with van der Waals surface area (Å²) in [5.74, 6) is 0.970. The molecule has 0 saturated carbocycles. The Bertz CT molecular complexity index is 106. The van der Waals surface area contributed by atoms with Crippen LogP contribution in [0.2, 0.25) is 0 Å². The summed E-state index contributed by atoms with van der Waals surface area (Å²) in [6.45, 7) is 8.19. The Morgan fingerprint density at radius 1 is 1.27 bits per heavy atom. The van der Waals surface area contributed by atoms with Crippen molar-refractivity contribution in [2.24, 2.45) is 11.8 Å². The standard InChI is InChI=1S/C10H20O/c1-5-6-7-10(8(2)3)9(4)11/h5-6,8-11H,7H2,1-4H3. The van der Waals surface area contributed by atoms with E-state index in [2.05, 4.69) is 19.9 Å². The molecule has 1 heteroatoms. The van der Waals surface area contributed by atoms with E-state index in [9.17, 15) is 5.11 Å². The summed E-state index contributed by atoms with van der Waals surface area (Å²) in [6, 6.07) is 0. The first-order valence-corrected chi connectivity index (χ1v) is 4.38. The van der Waals surface area contributed by atoms with Crippen LogP contribution in [0.1, 0.15) is 34.1 Å². The summed E-state index contributed by atoms with van der Waals surface area (Å²) in [6.07, 6.45) is 4.97. The van der Waals surface area contributed by atoms with Crippen molar-refractivity contribution in [1.82, 2.24) is 0 Å². The highest BCUT2D eigenvalue weighted by molar-refractivity contribution is 4.83. The third kappa shape index (κ3) is 4.20. The highest BCUT2D eigenvalue weighted by Gasteiger charge is 2.16. The van der Waals surface area contributed by atoms with Gasteiger partial charge in [-0.2, -0.15) is 0 Å². The molecular formula is C10H20O. The Hall–Kier alpha value is -0.300. The highest BCUT2D eigenvalue weighted by Crippen LogP contribution is 2.19. The lowest BCUT2D eigenvalue weighted by molar-refractivity contribution is 0.0993. The van der Waals surface area contributed by atoms with E-state index in [4.69, 9.17) is 0 Å². The number of rotatable bonds is 4. The van der Waals surface area contributed by atoms with Crippen LogP contribution in [0.15, 0.2) is 12.2 Å². The Morgan fingerprint density at radius 3 is 2.09 bits per heavy atom. The smallest absolute Gasteiger partial charge is 0.0545 e. The van der Waals surface area contributed by atoms with E-state index in [1.165, 1.54) is 0 Å². The lowest BCUT2D eigenvalue weighted by atomic mass is 9.88. The molecule has 0 aromatic heterocycles. The molecule has 0 rings (SSSR count). The molecule has 0 aliphatic carbocycles. The summed E-state index contributed by atoms with van der Waals surface area (Å²) >= 11 is 0. The van der Waals surface area contributed by atoms with Crippen molar-refractivity contribution in [3.8, 4) is 0 Å². The van der Waals surface area contributed by atoms with Crippen LogP contribution >= 0.6 is 0 Å². The molecule has 66 valence electrons. The molecule has 0 aromatic carbocycles. The van der Waals surface area contributed by atoms with Crippen molar-refractivity contribution in [3.05, 3.63) is 12.2 Å². The molecule has 0 spiro atoms. The van der Waals surface area contributed by atoms with Crippen molar-refractivity contribution >= 4 is 0 Å². The molecule has 2 atom stereocenters. The minimum atomic E-state index is -0.189. The second kappa shape index (κ2) is 5.36. The molecule has 0 amide bonds. The Labute approximate surface area is 70.1 Å². The Morgan fingerprint density at radius 2 is 1.82 bits per heavy atom. The lowest BCUT2D eigenvalue weighted by Gasteiger charge is -2.21. The monoisotopic (exact) mass is 156 g/mol. The molecule has 11 heavy (non-hydrogen) atoms. The van der Waals surface area contributed by atoms with Crippen LogP contribution < -0.4 is 0 Å². The van der Waals surface area contributed by atoms with Gasteiger partial charge in [0, 0.05) is 0 Å². The average molecular weight is 156 g/mol. The maximum absolute atomic E-state index is 9.38. The zero-order valence-electron chi connectivity index (χ0n) is 8.04. The summed E-state index contributed by atoms with van der Waals surface area (Å²) in [7, 11) is 0. The van der Waals surface area contributed by atoms with Gasteiger partial charge < -0.3 is 5.11 Å². The fraction of sp³-hybridized carbons (Fsp3) is 0.800. The van der Waals surface area contributed by atoms with E-state index in [1.54, 1.807) is 0 Å². The van der Waals surface area contributed by atoms with Crippen LogP contribution in [0.5, 0.6) is 0 Å². The number of hydrogen-bond donors (Lipinski definition) is 1. The van der Waals surface area contributed by atoms with Crippen molar-refractivity contribution in [2.75, 3.05) is 0 Å². The number of allylic oxidation sites excluding steroid dienone is 2. The molecule has 0 aliphatic heterocycles. The van der Waals surface area contributed by atoms with Crippen molar-refractivity contribution in [2.45, 2.75) is 40.2 Å². The van der Waals surface area contributed by atoms with Gasteiger partial charge in [-0.05, 0) is 32.1 Å². The summed E-state index contributed by atoms with van der Waals surface area (Å²) in [4.78, 5) is 0. The van der Waals surface area contributed by atoms with E-state index < -0.39 is 0 Å². The number of aliphatic hydroxyl groups is 1. The maximum Gasteiger partial charge on any atom is 0.0545 e. The minimum Gasteiger partial charge on any atom is -0.393 e. The van der Waals surface area contributed by atoms with Gasteiger partial charge in [0.05, 0.1) is 6.10 Å². The van der Waals surface area contributed by atoms with Gasteiger partial charge >= 0.3 is 0 Å². The van der Waals surface area contributed by atoms with Gasteiger partial charge in [-0.3, -0.25) is 0 Å². The minimum absolute atomic E-state index is 0.189. The zero-order valence-corrected chi connectivity index (χ0v) is 8.04. The topological polar surface area (TPSA) is 20.2 Å². The SMILES string of the molecule is CC=CCC(C(C)C)C(C)O. The first kappa shape index (κ1) is 10.7. The van der Waals surface area contributed by atoms with Crippen LogP contribution in [0.25, 0.3) is 0 Å². The van der Waals surface area contributed by atoms with Gasteiger partial charge in [0.15, 0.2) is 0 Å². The van der Waals surface area contributed by atoms with Crippen LogP contribution in [0.3, 0.4) is 0 Å². The maximum atomic E-state index is 9.38. The van der Waals surface area contributed by atoms with E-state index >= 15 is 0 Å². The van der Waals surface area contributed by atoms with Crippen LogP contribution in [0.4, 0.5) is 0 Å². The third-order valence-electron chi connectivity index (χ3n) is 2.12. The average Bonchev–Trinajstić information content (AvgIpc) is 1.87. The second-order valence-electron chi connectivity index (χ2n) is 3.45. The molecule has 0 heterocycles. The predicted molar refractivity (Wildman–Crippen MR) is 49.4 cm³/mol. The first-order chi connectivity index (χ1) is 5.09. The molecule has 1 nitrogen and oxygen atoms in total. The predicted octanol–water partition coefficient (Wildman–Crippen LogP) is 2.61. The van der Waals surface area contributed by atoms with Crippen molar-refractivity contribution < 1.29 is 5.11 Å². The quantitative estimate of drug-likeness (QED) is 0.620. The van der Waals surface area contributed by atoms with Crippen molar-refractivity contribution in [3.63, 3.8) is 0 Å². The van der Waals surface area contributed by atoms with Gasteiger partial charge in [0.1, 0.15) is 0 Å². The molecule has 0 bridgehead atoms. The van der Waals surface area contributed by atoms with Crippen LogP contribution in [-0.2, 0) is 0 Å². The fourth-order valence-corrected chi connectivity index (χ4v) is 1.32. The van der Waals surface area contributed by atoms with Gasteiger partial charge in [0.25, 0.3) is 0 Å². The summed E-state index contributed by atoms with van der Waals surface area (Å²) in [5, 5.41) is 9.38. The van der Waals surface area contributed by atoms with E-state index in [1.807, 2.05) is 19.9 Å². The fourth-order valence-electron chi connectivity index (χ4n) is 1.32. The number of hydrogen-bond acceptors (Lipinski definition) is 1. The third-order valence-corrected chi connectivity index (χ3v) is 2.12. The van der Waals surface area contributed by atoms with Crippen molar-refractivity contribution in [1.29, 1.82) is 0 Å². The molecule has 0 saturated heterocycles. The molecule has 0 aromatic rings. The van der Waals surface area contributed by atoms with E-state index in [0.717, 1.165) is 6.42 Å². The zero-order chi connectivity index (χ0) is 8.85. The van der Waals surface area contributed by atoms with E-state index in [-0.39, 0.29) is 6.10 Å². The largest absolute Gasteiger partial charge is 0.393 e. The van der Waals surface area contributed by atoms with Gasteiger partial charge in [-0.15, -0.1) is 0 Å². The molecule has 0 aliphatic rings. The van der Waals surface area contributed by atoms with Gasteiger partial charge in [-0.25, -0.2) is 0 Å². The normalized spacial score (nSPS) is 17.6. The Kier molecular flexibility index (Phi) is 5.22. The molecular weight excluding hydrogens is 136 g/mol. The second-order valence-corrected chi connectivity index (χ2v) is 3.45. The van der Waals surface area contributed by atoms with Crippen LogP contribution in [-0.4, -0.2) is 11.2 Å². The van der Waals surface area contributed by atoms with E-state index in [0.29, 0.717) is 11.8 Å². The first-order valence-electron chi connectivity index (χ1n) is 4.38.